The number of benzene rings is 1. The highest BCUT2D eigenvalue weighted by Crippen LogP contribution is 2.59. The molecule has 2 unspecified atom stereocenters. The lowest BCUT2D eigenvalue weighted by molar-refractivity contribution is -0.153. The number of fused-ring (bicyclic) bond motifs is 1. The molecular formula is C32H45N3O5. The highest BCUT2D eigenvalue weighted by Gasteiger charge is 2.75. The van der Waals surface area contributed by atoms with Gasteiger partial charge < -0.3 is 24.5 Å². The zero-order valence-corrected chi connectivity index (χ0v) is 24.4. The standard InChI is InChI=1S/C32H45N3O5/c1-7-16-33(19-23-12-10-9-11-13-23)29(37)26-25-14-15-32(40-25)27(26)30(38)35(24(20-36)18-21(3)4)28(32)31(39)34(17-8-2)22(5)6/h7-13,21-22,24-28,36H,1-2,14-20H2,3-6H3/t24-,25+,26-,27+,28?,32?/m1/s1. The third-order valence-electron chi connectivity index (χ3n) is 8.71. The highest BCUT2D eigenvalue weighted by atomic mass is 16.5. The Morgan fingerprint density at radius 1 is 1.12 bits per heavy atom. The van der Waals surface area contributed by atoms with Gasteiger partial charge in [-0.1, -0.05) is 56.3 Å². The van der Waals surface area contributed by atoms with Crippen LogP contribution in [0.2, 0.25) is 0 Å². The molecule has 40 heavy (non-hydrogen) atoms. The first-order chi connectivity index (χ1) is 19.1. The monoisotopic (exact) mass is 551 g/mol. The van der Waals surface area contributed by atoms with E-state index in [-0.39, 0.29) is 36.3 Å². The van der Waals surface area contributed by atoms with Gasteiger partial charge in [0.2, 0.25) is 17.7 Å². The highest BCUT2D eigenvalue weighted by molar-refractivity contribution is 5.99. The van der Waals surface area contributed by atoms with E-state index in [2.05, 4.69) is 13.2 Å². The number of aliphatic hydroxyl groups is 1. The molecule has 0 radical (unpaired) electrons. The van der Waals surface area contributed by atoms with E-state index in [4.69, 9.17) is 4.74 Å². The predicted octanol–water partition coefficient (Wildman–Crippen LogP) is 3.41. The molecule has 3 saturated heterocycles. The summed E-state index contributed by atoms with van der Waals surface area (Å²) in [6.07, 6.45) is 4.59. The van der Waals surface area contributed by atoms with Gasteiger partial charge in [-0.05, 0) is 44.6 Å². The quantitative estimate of drug-likeness (QED) is 0.380. The van der Waals surface area contributed by atoms with E-state index in [1.807, 2.05) is 58.0 Å². The van der Waals surface area contributed by atoms with Crippen LogP contribution in [-0.4, -0.2) is 87.1 Å². The average Bonchev–Trinajstić information content (AvgIpc) is 3.57. The zero-order chi connectivity index (χ0) is 29.2. The van der Waals surface area contributed by atoms with E-state index < -0.39 is 35.6 Å². The molecule has 3 amide bonds. The third kappa shape index (κ3) is 5.23. The first-order valence-corrected chi connectivity index (χ1v) is 14.6. The molecule has 0 saturated carbocycles. The minimum Gasteiger partial charge on any atom is -0.394 e. The molecule has 4 rings (SSSR count). The second kappa shape index (κ2) is 12.3. The van der Waals surface area contributed by atoms with Crippen LogP contribution in [0.4, 0.5) is 0 Å². The molecule has 218 valence electrons. The summed E-state index contributed by atoms with van der Waals surface area (Å²) in [5.41, 5.74) is -0.122. The van der Waals surface area contributed by atoms with E-state index >= 15 is 0 Å². The van der Waals surface area contributed by atoms with Crippen LogP contribution < -0.4 is 0 Å². The fourth-order valence-electron chi connectivity index (χ4n) is 7.12. The molecule has 6 atom stereocenters. The van der Waals surface area contributed by atoms with Crippen LogP contribution in [0.3, 0.4) is 0 Å². The van der Waals surface area contributed by atoms with Crippen LogP contribution in [0.1, 0.15) is 52.5 Å². The maximum absolute atomic E-state index is 14.4. The minimum absolute atomic E-state index is 0.124. The van der Waals surface area contributed by atoms with Gasteiger partial charge >= 0.3 is 0 Å². The lowest BCUT2D eigenvalue weighted by Gasteiger charge is -2.40. The zero-order valence-electron chi connectivity index (χ0n) is 24.4. The Morgan fingerprint density at radius 3 is 2.38 bits per heavy atom. The van der Waals surface area contributed by atoms with Crippen molar-refractivity contribution in [3.05, 3.63) is 61.2 Å². The van der Waals surface area contributed by atoms with E-state index in [9.17, 15) is 19.5 Å². The van der Waals surface area contributed by atoms with Crippen molar-refractivity contribution >= 4 is 17.7 Å². The summed E-state index contributed by atoms with van der Waals surface area (Å²) in [5.74, 6) is -1.92. The Balaban J connectivity index is 1.76. The first-order valence-electron chi connectivity index (χ1n) is 14.6. The van der Waals surface area contributed by atoms with E-state index in [0.29, 0.717) is 38.9 Å². The number of ether oxygens (including phenoxy) is 1. The van der Waals surface area contributed by atoms with Gasteiger partial charge in [0.25, 0.3) is 0 Å². The van der Waals surface area contributed by atoms with Crippen LogP contribution >= 0.6 is 0 Å². The largest absolute Gasteiger partial charge is 0.394 e. The molecule has 8 nitrogen and oxygen atoms in total. The van der Waals surface area contributed by atoms with Crippen LogP contribution in [0.5, 0.6) is 0 Å². The smallest absolute Gasteiger partial charge is 0.248 e. The van der Waals surface area contributed by atoms with Gasteiger partial charge in [-0.15, -0.1) is 13.2 Å². The summed E-state index contributed by atoms with van der Waals surface area (Å²) in [4.78, 5) is 48.0. The normalized spacial score (nSPS) is 27.7. The van der Waals surface area contributed by atoms with Crippen molar-refractivity contribution in [3.63, 3.8) is 0 Å². The minimum atomic E-state index is -1.11. The molecule has 3 heterocycles. The number of rotatable bonds is 13. The van der Waals surface area contributed by atoms with Crippen LogP contribution in [0, 0.1) is 17.8 Å². The molecule has 3 fully saturated rings. The summed E-state index contributed by atoms with van der Waals surface area (Å²) in [5, 5.41) is 10.5. The molecule has 3 aliphatic rings. The SMILES string of the molecule is C=CCN(Cc1ccccc1)C(=O)[C@@H]1[C@@H]2CCC3(O2)C(C(=O)N(CC=C)C(C)C)N([C@@H](CO)CC(C)C)C(=O)[C@H]13. The van der Waals surface area contributed by atoms with E-state index in [1.54, 1.807) is 26.9 Å². The lowest BCUT2D eigenvalue weighted by atomic mass is 9.70. The number of aliphatic hydroxyl groups excluding tert-OH is 1. The van der Waals surface area contributed by atoms with Gasteiger partial charge in [0.1, 0.15) is 11.6 Å². The Hall–Kier alpha value is -2.97. The Kier molecular flexibility index (Phi) is 9.20. The maximum atomic E-state index is 14.4. The van der Waals surface area contributed by atoms with Crippen LogP contribution in [-0.2, 0) is 25.7 Å². The summed E-state index contributed by atoms with van der Waals surface area (Å²) < 4.78 is 6.65. The van der Waals surface area contributed by atoms with Gasteiger partial charge in [0.15, 0.2) is 0 Å². The van der Waals surface area contributed by atoms with E-state index in [1.165, 1.54) is 0 Å². The average molecular weight is 552 g/mol. The number of carbonyl (C=O) groups excluding carboxylic acids is 3. The van der Waals surface area contributed by atoms with Gasteiger partial charge in [0.05, 0.1) is 30.6 Å². The fourth-order valence-corrected chi connectivity index (χ4v) is 7.12. The maximum Gasteiger partial charge on any atom is 0.248 e. The van der Waals surface area contributed by atoms with Crippen molar-refractivity contribution in [1.29, 1.82) is 0 Å². The number of carbonyl (C=O) groups is 3. The fraction of sp³-hybridized carbons (Fsp3) is 0.594. The number of hydrogen-bond acceptors (Lipinski definition) is 5. The number of hydrogen-bond donors (Lipinski definition) is 1. The first kappa shape index (κ1) is 30.0. The molecule has 0 aromatic heterocycles. The van der Waals surface area contributed by atoms with Crippen molar-refractivity contribution in [2.24, 2.45) is 17.8 Å². The van der Waals surface area contributed by atoms with Crippen molar-refractivity contribution in [1.82, 2.24) is 14.7 Å². The van der Waals surface area contributed by atoms with Gasteiger partial charge in [0, 0.05) is 25.7 Å². The predicted molar refractivity (Wildman–Crippen MR) is 154 cm³/mol. The Morgan fingerprint density at radius 2 is 1.80 bits per heavy atom. The molecule has 1 N–H and O–H groups in total. The van der Waals surface area contributed by atoms with E-state index in [0.717, 1.165) is 5.56 Å². The topological polar surface area (TPSA) is 90.4 Å². The number of amides is 3. The molecule has 8 heteroatoms. The summed E-state index contributed by atoms with van der Waals surface area (Å²) >= 11 is 0. The van der Waals surface area contributed by atoms with Gasteiger partial charge in [-0.3, -0.25) is 14.4 Å². The van der Waals surface area contributed by atoms with Crippen LogP contribution in [0.25, 0.3) is 0 Å². The molecule has 2 bridgehead atoms. The molecule has 0 aliphatic carbocycles. The van der Waals surface area contributed by atoms with Gasteiger partial charge in [-0.2, -0.15) is 0 Å². The number of nitrogens with zero attached hydrogens (tertiary/aromatic N) is 3. The Labute approximate surface area is 238 Å². The summed E-state index contributed by atoms with van der Waals surface area (Å²) in [6, 6.07) is 8.16. The second-order valence-electron chi connectivity index (χ2n) is 12.1. The summed E-state index contributed by atoms with van der Waals surface area (Å²) in [7, 11) is 0. The second-order valence-corrected chi connectivity index (χ2v) is 12.1. The van der Waals surface area contributed by atoms with Gasteiger partial charge in [-0.25, -0.2) is 0 Å². The molecule has 1 spiro atoms. The molecular weight excluding hydrogens is 506 g/mol. The molecule has 1 aromatic rings. The molecule has 3 aliphatic heterocycles. The lowest BCUT2D eigenvalue weighted by Crippen LogP contribution is -2.60. The Bertz CT molecular complexity index is 1110. The van der Waals surface area contributed by atoms with Crippen molar-refractivity contribution in [2.75, 3.05) is 19.7 Å². The van der Waals surface area contributed by atoms with Crippen molar-refractivity contribution in [2.45, 2.75) is 83.3 Å². The third-order valence-corrected chi connectivity index (χ3v) is 8.71. The number of likely N-dealkylation sites (tertiary alicyclic amines) is 1. The summed E-state index contributed by atoms with van der Waals surface area (Å²) in [6.45, 7) is 16.4. The molecule has 1 aromatic carbocycles. The van der Waals surface area contributed by atoms with Crippen LogP contribution in [0.15, 0.2) is 55.6 Å². The van der Waals surface area contributed by atoms with Crippen molar-refractivity contribution < 1.29 is 24.2 Å². The van der Waals surface area contributed by atoms with Crippen molar-refractivity contribution in [3.8, 4) is 0 Å².